The number of anilines is 1. The van der Waals surface area contributed by atoms with E-state index in [0.717, 1.165) is 6.42 Å². The summed E-state index contributed by atoms with van der Waals surface area (Å²) < 4.78 is 1.60. The molecule has 1 aromatic heterocycles. The zero-order valence-corrected chi connectivity index (χ0v) is 12.1. The molecule has 110 valence electrons. The van der Waals surface area contributed by atoms with Crippen LogP contribution in [-0.2, 0) is 11.3 Å². The highest BCUT2D eigenvalue weighted by atomic mass is 16.2. The molecule has 2 heterocycles. The molecule has 7 heteroatoms. The minimum atomic E-state index is -0.410. The van der Waals surface area contributed by atoms with E-state index in [0.29, 0.717) is 36.6 Å². The van der Waals surface area contributed by atoms with Crippen LogP contribution < -0.4 is 11.1 Å². The Kier molecular flexibility index (Phi) is 3.96. The van der Waals surface area contributed by atoms with Gasteiger partial charge in [0.25, 0.3) is 5.91 Å². The normalized spacial score (nSPS) is 18.4. The molecule has 0 aliphatic carbocycles. The molecular weight excluding hydrogens is 258 g/mol. The van der Waals surface area contributed by atoms with Gasteiger partial charge in [-0.05, 0) is 26.7 Å². The van der Waals surface area contributed by atoms with Crippen molar-refractivity contribution in [2.75, 3.05) is 19.3 Å². The number of nitrogen functional groups attached to an aromatic ring is 1. The van der Waals surface area contributed by atoms with Crippen LogP contribution in [0.2, 0.25) is 0 Å². The van der Waals surface area contributed by atoms with Gasteiger partial charge in [0.1, 0.15) is 11.7 Å². The first kappa shape index (κ1) is 14.4. The molecule has 0 spiro atoms. The topological polar surface area (TPSA) is 93.2 Å². The number of nitrogens with zero attached hydrogens (tertiary/aromatic N) is 3. The maximum atomic E-state index is 12.7. The average Bonchev–Trinajstić information content (AvgIpc) is 3.03. The second-order valence-electron chi connectivity index (χ2n) is 4.93. The number of amides is 2. The summed E-state index contributed by atoms with van der Waals surface area (Å²) in [5.74, 6) is -0.343. The second kappa shape index (κ2) is 5.52. The summed E-state index contributed by atoms with van der Waals surface area (Å²) in [6.07, 6.45) is 1.51. The predicted molar refractivity (Wildman–Crippen MR) is 75.2 cm³/mol. The van der Waals surface area contributed by atoms with Crippen molar-refractivity contribution < 1.29 is 9.59 Å². The number of carbonyl (C=O) groups excluding carboxylic acids is 2. The number of aromatic nitrogens is 2. The van der Waals surface area contributed by atoms with Gasteiger partial charge < -0.3 is 16.0 Å². The molecular formula is C13H21N5O2. The van der Waals surface area contributed by atoms with Gasteiger partial charge in [0.15, 0.2) is 0 Å². The summed E-state index contributed by atoms with van der Waals surface area (Å²) in [4.78, 5) is 26.1. The van der Waals surface area contributed by atoms with Crippen molar-refractivity contribution in [1.29, 1.82) is 0 Å². The Morgan fingerprint density at radius 1 is 1.50 bits per heavy atom. The maximum absolute atomic E-state index is 12.7. The van der Waals surface area contributed by atoms with Crippen LogP contribution in [0.15, 0.2) is 0 Å². The molecule has 1 saturated heterocycles. The Hall–Kier alpha value is -2.05. The molecule has 7 nitrogen and oxygen atoms in total. The smallest absolute Gasteiger partial charge is 0.274 e. The lowest BCUT2D eigenvalue weighted by atomic mass is 10.2. The highest BCUT2D eigenvalue weighted by Gasteiger charge is 2.36. The minimum Gasteiger partial charge on any atom is -0.395 e. The Balaban J connectivity index is 2.34. The molecule has 2 rings (SSSR count). The molecule has 1 aliphatic heterocycles. The van der Waals surface area contributed by atoms with E-state index >= 15 is 0 Å². The van der Waals surface area contributed by atoms with Gasteiger partial charge >= 0.3 is 0 Å². The van der Waals surface area contributed by atoms with E-state index in [1.807, 2.05) is 6.92 Å². The summed E-state index contributed by atoms with van der Waals surface area (Å²) >= 11 is 0. The van der Waals surface area contributed by atoms with Gasteiger partial charge in [-0.2, -0.15) is 5.10 Å². The molecule has 1 unspecified atom stereocenters. The maximum Gasteiger partial charge on any atom is 0.274 e. The van der Waals surface area contributed by atoms with E-state index in [-0.39, 0.29) is 11.8 Å². The number of likely N-dealkylation sites (N-methyl/N-ethyl adjacent to an activating group) is 1. The zero-order chi connectivity index (χ0) is 14.9. The van der Waals surface area contributed by atoms with E-state index in [1.165, 1.54) is 0 Å². The minimum absolute atomic E-state index is 0.131. The Bertz CT molecular complexity index is 537. The lowest BCUT2D eigenvalue weighted by molar-refractivity contribution is -0.124. The molecule has 0 aromatic carbocycles. The summed E-state index contributed by atoms with van der Waals surface area (Å²) in [5.41, 5.74) is 7.41. The molecule has 1 fully saturated rings. The second-order valence-corrected chi connectivity index (χ2v) is 4.93. The third kappa shape index (κ3) is 2.23. The van der Waals surface area contributed by atoms with Gasteiger partial charge in [-0.3, -0.25) is 14.3 Å². The molecule has 1 aromatic rings. The van der Waals surface area contributed by atoms with Crippen molar-refractivity contribution in [1.82, 2.24) is 20.0 Å². The van der Waals surface area contributed by atoms with Crippen LogP contribution in [-0.4, -0.2) is 46.1 Å². The highest BCUT2D eigenvalue weighted by Crippen LogP contribution is 2.24. The lowest BCUT2D eigenvalue weighted by Gasteiger charge is -2.23. The fourth-order valence-corrected chi connectivity index (χ4v) is 2.63. The van der Waals surface area contributed by atoms with Crippen molar-refractivity contribution in [3.8, 4) is 0 Å². The van der Waals surface area contributed by atoms with Gasteiger partial charge in [0, 0.05) is 20.1 Å². The van der Waals surface area contributed by atoms with Crippen molar-refractivity contribution >= 4 is 17.5 Å². The fourth-order valence-electron chi connectivity index (χ4n) is 2.63. The van der Waals surface area contributed by atoms with Gasteiger partial charge in [-0.15, -0.1) is 0 Å². The molecule has 0 radical (unpaired) electrons. The number of nitrogens with two attached hydrogens (primary N) is 1. The molecule has 2 amide bonds. The summed E-state index contributed by atoms with van der Waals surface area (Å²) in [7, 11) is 1.58. The zero-order valence-electron chi connectivity index (χ0n) is 12.1. The first-order valence-electron chi connectivity index (χ1n) is 6.86. The van der Waals surface area contributed by atoms with Gasteiger partial charge in [0.2, 0.25) is 5.91 Å². The van der Waals surface area contributed by atoms with Crippen LogP contribution in [0.25, 0.3) is 0 Å². The summed E-state index contributed by atoms with van der Waals surface area (Å²) in [5, 5.41) is 6.86. The van der Waals surface area contributed by atoms with Gasteiger partial charge in [-0.1, -0.05) is 0 Å². The lowest BCUT2D eigenvalue weighted by Crippen LogP contribution is -2.45. The van der Waals surface area contributed by atoms with E-state index < -0.39 is 6.04 Å². The molecule has 20 heavy (non-hydrogen) atoms. The third-order valence-corrected chi connectivity index (χ3v) is 3.74. The number of likely N-dealkylation sites (tertiary alicyclic amines) is 1. The predicted octanol–water partition coefficient (Wildman–Crippen LogP) is 0.144. The van der Waals surface area contributed by atoms with Crippen LogP contribution >= 0.6 is 0 Å². The largest absolute Gasteiger partial charge is 0.395 e. The first-order valence-corrected chi connectivity index (χ1v) is 6.86. The number of hydrogen-bond acceptors (Lipinski definition) is 4. The number of aryl methyl sites for hydroxylation is 2. The van der Waals surface area contributed by atoms with E-state index in [9.17, 15) is 9.59 Å². The van der Waals surface area contributed by atoms with Crippen LogP contribution in [0.1, 0.15) is 35.9 Å². The summed E-state index contributed by atoms with van der Waals surface area (Å²) in [6, 6.07) is -0.410. The number of nitrogens with one attached hydrogen (secondary N) is 1. The van der Waals surface area contributed by atoms with E-state index in [4.69, 9.17) is 5.73 Å². The molecule has 0 saturated carbocycles. The number of rotatable bonds is 3. The quantitative estimate of drug-likeness (QED) is 0.823. The molecule has 1 atom stereocenters. The third-order valence-electron chi connectivity index (χ3n) is 3.74. The first-order chi connectivity index (χ1) is 9.51. The van der Waals surface area contributed by atoms with Crippen molar-refractivity contribution in [3.05, 3.63) is 11.4 Å². The van der Waals surface area contributed by atoms with Crippen LogP contribution in [0.5, 0.6) is 0 Å². The van der Waals surface area contributed by atoms with E-state index in [2.05, 4.69) is 10.4 Å². The van der Waals surface area contributed by atoms with Crippen molar-refractivity contribution in [2.45, 2.75) is 39.3 Å². The average molecular weight is 279 g/mol. The van der Waals surface area contributed by atoms with Crippen molar-refractivity contribution in [2.24, 2.45) is 0 Å². The standard InChI is InChI=1S/C13H21N5O2/c1-4-18-11(10(14)8(2)16-18)13(20)17-7-5-6-9(17)12(19)15-3/h9H,4-7,14H2,1-3H3,(H,15,19). The van der Waals surface area contributed by atoms with E-state index in [1.54, 1.807) is 23.6 Å². The Morgan fingerprint density at radius 2 is 2.20 bits per heavy atom. The highest BCUT2D eigenvalue weighted by molar-refractivity contribution is 6.00. The Labute approximate surface area is 118 Å². The number of carbonyl (C=O) groups is 2. The molecule has 1 aliphatic rings. The van der Waals surface area contributed by atoms with Gasteiger partial charge in [0.05, 0.1) is 11.4 Å². The van der Waals surface area contributed by atoms with Crippen LogP contribution in [0.3, 0.4) is 0 Å². The van der Waals surface area contributed by atoms with Crippen molar-refractivity contribution in [3.63, 3.8) is 0 Å². The SMILES string of the molecule is CCn1nc(C)c(N)c1C(=O)N1CCCC1C(=O)NC. The van der Waals surface area contributed by atoms with Crippen LogP contribution in [0.4, 0.5) is 5.69 Å². The molecule has 3 N–H and O–H groups in total. The monoisotopic (exact) mass is 279 g/mol. The van der Waals surface area contributed by atoms with Crippen LogP contribution in [0, 0.1) is 6.92 Å². The number of hydrogen-bond donors (Lipinski definition) is 2. The summed E-state index contributed by atoms with van der Waals surface area (Å²) in [6.45, 7) is 4.82. The molecule has 0 bridgehead atoms. The Morgan fingerprint density at radius 3 is 2.80 bits per heavy atom. The van der Waals surface area contributed by atoms with Gasteiger partial charge in [-0.25, -0.2) is 0 Å². The fraction of sp³-hybridized carbons (Fsp3) is 0.615.